The van der Waals surface area contributed by atoms with Crippen LogP contribution >= 0.6 is 0 Å². The number of nitrogens with one attached hydrogen (secondary N) is 4. The van der Waals surface area contributed by atoms with Crippen LogP contribution in [0.4, 0.5) is 0 Å². The Balaban J connectivity index is 1.45. The number of hydrogen-bond acceptors (Lipinski definition) is 6. The van der Waals surface area contributed by atoms with Crippen molar-refractivity contribution in [3.05, 3.63) is 97.0 Å². The van der Waals surface area contributed by atoms with Gasteiger partial charge in [-0.15, -0.1) is 0 Å². The van der Waals surface area contributed by atoms with E-state index in [1.165, 1.54) is 24.7 Å². The van der Waals surface area contributed by atoms with Crippen LogP contribution in [0, 0.1) is 37.5 Å². The predicted octanol–water partition coefficient (Wildman–Crippen LogP) is 7.15. The van der Waals surface area contributed by atoms with Crippen molar-refractivity contribution in [3.63, 3.8) is 0 Å². The number of hydrogen-bond donors (Lipinski definition) is 4. The van der Waals surface area contributed by atoms with Gasteiger partial charge in [0, 0.05) is 68.6 Å². The molecule has 6 rings (SSSR count). The average Bonchev–Trinajstić information content (AvgIpc) is 3.89. The van der Waals surface area contributed by atoms with Crippen LogP contribution < -0.4 is 16.0 Å². The third-order valence-corrected chi connectivity index (χ3v) is 11.3. The van der Waals surface area contributed by atoms with Crippen LogP contribution in [0.1, 0.15) is 122 Å². The lowest BCUT2D eigenvalue weighted by molar-refractivity contribution is -0.143. The highest BCUT2D eigenvalue weighted by Crippen LogP contribution is 2.48. The monoisotopic (exact) mass is 718 g/mol. The maximum atomic E-state index is 14.3. The van der Waals surface area contributed by atoms with Crippen molar-refractivity contribution in [1.82, 2.24) is 20.3 Å². The van der Waals surface area contributed by atoms with Crippen LogP contribution in [0.5, 0.6) is 0 Å². The van der Waals surface area contributed by atoms with Gasteiger partial charge in [0.1, 0.15) is 12.5 Å². The number of aromatic nitrogens is 3. The zero-order valence-electron chi connectivity index (χ0n) is 32.5. The average molecular weight is 719 g/mol. The predicted molar refractivity (Wildman–Crippen MR) is 211 cm³/mol. The summed E-state index contributed by atoms with van der Waals surface area (Å²) >= 11 is 0. The maximum absolute atomic E-state index is 14.3. The molecule has 0 unspecified atom stereocenters. The van der Waals surface area contributed by atoms with Crippen LogP contribution in [0.3, 0.4) is 0 Å². The second-order valence-corrected chi connectivity index (χ2v) is 15.2. The molecule has 3 atom stereocenters. The van der Waals surface area contributed by atoms with Gasteiger partial charge in [-0.1, -0.05) is 52.3 Å². The second-order valence-electron chi connectivity index (χ2n) is 15.2. The molecule has 2 aliphatic heterocycles. The van der Waals surface area contributed by atoms with Gasteiger partial charge in [0.2, 0.25) is 0 Å². The van der Waals surface area contributed by atoms with E-state index in [0.29, 0.717) is 29.2 Å². The first kappa shape index (κ1) is 37.7. The molecule has 53 heavy (non-hydrogen) atoms. The van der Waals surface area contributed by atoms with Crippen molar-refractivity contribution in [3.8, 4) is 0 Å². The number of ether oxygens (including phenoxy) is 2. The van der Waals surface area contributed by atoms with Gasteiger partial charge < -0.3 is 29.7 Å². The molecule has 1 aliphatic carbocycles. The number of ketones is 1. The topological polar surface area (TPSA) is 129 Å². The smallest absolute Gasteiger partial charge is 0.321 e. The lowest BCUT2D eigenvalue weighted by Crippen LogP contribution is -2.25. The number of methoxy groups -OCH3 is 1. The molecule has 3 aromatic heterocycles. The van der Waals surface area contributed by atoms with E-state index < -0.39 is 11.9 Å². The van der Waals surface area contributed by atoms with E-state index in [9.17, 15) is 14.4 Å². The van der Waals surface area contributed by atoms with Crippen LogP contribution in [0.2, 0.25) is 0 Å². The molecular weight excluding hydrogens is 665 g/mol. The molecule has 1 fully saturated rings. The molecule has 9 heteroatoms. The molecule has 8 bridgehead atoms. The summed E-state index contributed by atoms with van der Waals surface area (Å²) < 4.78 is 10.9. The Kier molecular flexibility index (Phi) is 11.0. The van der Waals surface area contributed by atoms with Gasteiger partial charge in [-0.25, -0.2) is 0 Å². The molecule has 0 amide bonds. The number of allylic oxidation sites excluding steroid dienone is 3. The molecule has 0 aromatic carbocycles. The molecule has 3 aliphatic rings. The normalized spacial score (nSPS) is 22.8. The van der Waals surface area contributed by atoms with E-state index in [1.54, 1.807) is 0 Å². The summed E-state index contributed by atoms with van der Waals surface area (Å²) in [6.07, 6.45) is 14.8. The summed E-state index contributed by atoms with van der Waals surface area (Å²) in [5.74, 6) is -1.94. The van der Waals surface area contributed by atoms with Gasteiger partial charge in [0.05, 0.1) is 12.8 Å². The van der Waals surface area contributed by atoms with E-state index in [-0.39, 0.29) is 36.6 Å². The first-order valence-electron chi connectivity index (χ1n) is 19.0. The van der Waals surface area contributed by atoms with E-state index in [4.69, 9.17) is 9.47 Å². The summed E-state index contributed by atoms with van der Waals surface area (Å²) in [5, 5.41) is 5.60. The van der Waals surface area contributed by atoms with Gasteiger partial charge in [-0.3, -0.25) is 14.4 Å². The Morgan fingerprint density at radius 2 is 1.77 bits per heavy atom. The Morgan fingerprint density at radius 3 is 2.47 bits per heavy atom. The van der Waals surface area contributed by atoms with Crippen LogP contribution in [0.25, 0.3) is 29.9 Å². The SMILES string of the molecule is C=Cc1cc2[nH]c1/C=c1\[nH]/c(c(CC)c1C)=C\c1[nH]c3c(c1C)C(=O)[C@H](C(=O)OC)/C3=C1/N/C(=C\2)[C@@H](C)[C@@H]1CCC(=O)OC/C=C(\C)CCCC(C)C. The first-order chi connectivity index (χ1) is 25.4. The van der Waals surface area contributed by atoms with Gasteiger partial charge in [0.15, 0.2) is 5.78 Å². The number of Topliss-reactive ketones (excluding diaryl/α,β-unsaturated/α-hetero) is 1. The molecule has 3 aromatic rings. The number of carbonyl (C=O) groups excluding carboxylic acids is 3. The third kappa shape index (κ3) is 7.31. The minimum absolute atomic E-state index is 0.0774. The highest BCUT2D eigenvalue weighted by atomic mass is 16.5. The van der Waals surface area contributed by atoms with Gasteiger partial charge in [-0.05, 0) is 105 Å². The van der Waals surface area contributed by atoms with Gasteiger partial charge >= 0.3 is 11.9 Å². The summed E-state index contributed by atoms with van der Waals surface area (Å²) in [7, 11) is 1.31. The van der Waals surface area contributed by atoms with Crippen LogP contribution in [-0.2, 0) is 25.5 Å². The molecule has 5 heterocycles. The first-order valence-corrected chi connectivity index (χ1v) is 19.0. The van der Waals surface area contributed by atoms with Crippen molar-refractivity contribution in [1.29, 1.82) is 0 Å². The van der Waals surface area contributed by atoms with Crippen molar-refractivity contribution >= 4 is 47.6 Å². The number of rotatable bonds is 12. The van der Waals surface area contributed by atoms with E-state index in [0.717, 1.165) is 75.1 Å². The molecular formula is C44H54N4O5. The van der Waals surface area contributed by atoms with Crippen molar-refractivity contribution in [2.75, 3.05) is 13.7 Å². The summed E-state index contributed by atoms with van der Waals surface area (Å²) in [5.41, 5.74) is 11.2. The second kappa shape index (κ2) is 15.5. The lowest BCUT2D eigenvalue weighted by atomic mass is 9.85. The Morgan fingerprint density at radius 1 is 1.02 bits per heavy atom. The fourth-order valence-electron chi connectivity index (χ4n) is 8.22. The molecule has 0 radical (unpaired) electrons. The fraction of sp³-hybridized carbons (Fsp3) is 0.432. The third-order valence-electron chi connectivity index (χ3n) is 11.3. The van der Waals surface area contributed by atoms with E-state index >= 15 is 0 Å². The Labute approximate surface area is 312 Å². The summed E-state index contributed by atoms with van der Waals surface area (Å²) in [6, 6.07) is 2.06. The van der Waals surface area contributed by atoms with Crippen LogP contribution in [-0.4, -0.2) is 46.4 Å². The van der Waals surface area contributed by atoms with Crippen molar-refractivity contribution in [2.45, 2.75) is 87.0 Å². The molecule has 1 saturated heterocycles. The minimum atomic E-state index is -1.13. The van der Waals surface area contributed by atoms with E-state index in [2.05, 4.69) is 92.7 Å². The Hall–Kier alpha value is -5.05. The minimum Gasteiger partial charge on any atom is -0.468 e. The fourth-order valence-corrected chi connectivity index (χ4v) is 8.22. The van der Waals surface area contributed by atoms with Crippen molar-refractivity contribution < 1.29 is 23.9 Å². The number of carbonyl (C=O) groups is 3. The lowest BCUT2D eigenvalue weighted by Gasteiger charge is -2.19. The number of fused-ring (bicyclic) bond motifs is 7. The molecule has 4 N–H and O–H groups in total. The Bertz CT molecular complexity index is 2180. The standard InChI is InChI=1S/C44H54N4O5/c1-10-28-19-29-20-32-26(7)31(15-16-37(49)53-18-17-24(5)14-12-13-23(3)4)41(47-32)39-40(44(51)52-9)43(50)38-27(8)34(48-42(38)39)22-36-30(11-2)25(6)33(46-36)21-35(28)45-29/h10,17,19-23,26,31,40,45-48H,1,11-16,18H2,2-9H3/b24-17+,32-20-,33-21-,36-22-,41-39-/t26-,31-,40+/m0/s1. The molecule has 9 nitrogen and oxygen atoms in total. The zero-order valence-corrected chi connectivity index (χ0v) is 32.5. The quantitative estimate of drug-likeness (QED) is 0.0895. The molecule has 0 saturated carbocycles. The molecule has 280 valence electrons. The number of esters is 2. The largest absolute Gasteiger partial charge is 0.468 e. The van der Waals surface area contributed by atoms with Gasteiger partial charge in [0.25, 0.3) is 0 Å². The van der Waals surface area contributed by atoms with E-state index in [1.807, 2.05) is 19.1 Å². The van der Waals surface area contributed by atoms with Gasteiger partial charge in [-0.2, -0.15) is 0 Å². The highest BCUT2D eigenvalue weighted by Gasteiger charge is 2.48. The van der Waals surface area contributed by atoms with Crippen molar-refractivity contribution in [2.24, 2.45) is 23.7 Å². The highest BCUT2D eigenvalue weighted by molar-refractivity contribution is 6.24. The number of aromatic amines is 3. The summed E-state index contributed by atoms with van der Waals surface area (Å²) in [6.45, 7) is 19.1. The zero-order chi connectivity index (χ0) is 38.1. The molecule has 0 spiro atoms. The summed E-state index contributed by atoms with van der Waals surface area (Å²) in [4.78, 5) is 51.7. The maximum Gasteiger partial charge on any atom is 0.321 e. The van der Waals surface area contributed by atoms with Crippen LogP contribution in [0.15, 0.2) is 35.7 Å². The number of H-pyrrole nitrogens is 3.